The summed E-state index contributed by atoms with van der Waals surface area (Å²) < 4.78 is 21.9. The van der Waals surface area contributed by atoms with Crippen molar-refractivity contribution in [3.8, 4) is 11.5 Å². The van der Waals surface area contributed by atoms with Crippen molar-refractivity contribution in [2.75, 3.05) is 13.2 Å². The number of carbonyl (C=O) groups excluding carboxylic acids is 2. The van der Waals surface area contributed by atoms with Gasteiger partial charge in [-0.3, -0.25) is 0 Å². The van der Waals surface area contributed by atoms with Crippen LogP contribution in [-0.4, -0.2) is 31.4 Å². The normalized spacial score (nSPS) is 10.5. The third-order valence-electron chi connectivity index (χ3n) is 4.52. The van der Waals surface area contributed by atoms with Crippen molar-refractivity contribution in [1.82, 2.24) is 0 Å². The summed E-state index contributed by atoms with van der Waals surface area (Å²) in [6, 6.07) is 22.6. The Morgan fingerprint density at radius 2 is 1.09 bits per heavy atom. The Morgan fingerprint density at radius 1 is 0.656 bits per heavy atom. The average molecular weight is 434 g/mol. The molecular weight excluding hydrogens is 408 g/mol. The molecule has 0 saturated carbocycles. The molecule has 6 nitrogen and oxygen atoms in total. The van der Waals surface area contributed by atoms with E-state index in [4.69, 9.17) is 18.9 Å². The highest BCUT2D eigenvalue weighted by Crippen LogP contribution is 2.18. The van der Waals surface area contributed by atoms with Gasteiger partial charge < -0.3 is 18.9 Å². The number of hydrogen-bond acceptors (Lipinski definition) is 6. The summed E-state index contributed by atoms with van der Waals surface area (Å²) in [7, 11) is 0. The van der Waals surface area contributed by atoms with Gasteiger partial charge in [0.1, 0.15) is 11.5 Å². The summed E-state index contributed by atoms with van der Waals surface area (Å²) in [6.45, 7) is 4.83. The maximum Gasteiger partial charge on any atom is 0.341 e. The second-order valence-electron chi connectivity index (χ2n) is 6.84. The van der Waals surface area contributed by atoms with Crippen LogP contribution >= 0.6 is 0 Å². The average Bonchev–Trinajstić information content (AvgIpc) is 2.81. The molecule has 6 heteroatoms. The van der Waals surface area contributed by atoms with Gasteiger partial charge in [0.2, 0.25) is 0 Å². The predicted octanol–water partition coefficient (Wildman–Crippen LogP) is 5.07. The third kappa shape index (κ3) is 6.60. The molecule has 166 valence electrons. The van der Waals surface area contributed by atoms with E-state index in [9.17, 15) is 9.59 Å². The first-order valence-corrected chi connectivity index (χ1v) is 10.5. The highest BCUT2D eigenvalue weighted by molar-refractivity contribution is 5.91. The van der Waals surface area contributed by atoms with E-state index in [-0.39, 0.29) is 6.42 Å². The molecule has 0 aliphatic rings. The van der Waals surface area contributed by atoms with E-state index in [1.807, 2.05) is 44.2 Å². The van der Waals surface area contributed by atoms with E-state index in [1.54, 1.807) is 48.5 Å². The van der Waals surface area contributed by atoms with E-state index in [0.717, 1.165) is 5.56 Å². The Bertz CT molecular complexity index is 933. The Balaban J connectivity index is 1.72. The van der Waals surface area contributed by atoms with Gasteiger partial charge in [0.25, 0.3) is 6.29 Å². The van der Waals surface area contributed by atoms with Crippen LogP contribution in [0, 0.1) is 0 Å². The molecule has 0 atom stereocenters. The quantitative estimate of drug-likeness (QED) is 0.328. The predicted molar refractivity (Wildman–Crippen MR) is 120 cm³/mol. The molecule has 0 N–H and O–H groups in total. The van der Waals surface area contributed by atoms with Crippen LogP contribution in [0.25, 0.3) is 0 Å². The van der Waals surface area contributed by atoms with Crippen LogP contribution in [0.15, 0.2) is 78.9 Å². The van der Waals surface area contributed by atoms with Crippen LogP contribution in [0.2, 0.25) is 0 Å². The van der Waals surface area contributed by atoms with Crippen LogP contribution in [0.1, 0.15) is 40.1 Å². The van der Waals surface area contributed by atoms with Gasteiger partial charge in [-0.15, -0.1) is 0 Å². The van der Waals surface area contributed by atoms with E-state index in [1.165, 1.54) is 0 Å². The fourth-order valence-electron chi connectivity index (χ4n) is 3.00. The van der Waals surface area contributed by atoms with Gasteiger partial charge in [0.15, 0.2) is 0 Å². The first-order chi connectivity index (χ1) is 15.6. The monoisotopic (exact) mass is 434 g/mol. The molecular formula is C26H26O6. The maximum atomic E-state index is 12.7. The minimum Gasteiger partial charge on any atom is -0.494 e. The van der Waals surface area contributed by atoms with Crippen molar-refractivity contribution in [1.29, 1.82) is 0 Å². The lowest BCUT2D eigenvalue weighted by Gasteiger charge is -2.19. The third-order valence-corrected chi connectivity index (χ3v) is 4.52. The summed E-state index contributed by atoms with van der Waals surface area (Å²) in [6.07, 6.45) is -0.859. The second kappa shape index (κ2) is 11.6. The number of carbonyl (C=O) groups is 2. The van der Waals surface area contributed by atoms with E-state index < -0.39 is 18.2 Å². The molecule has 0 amide bonds. The molecule has 0 unspecified atom stereocenters. The first-order valence-electron chi connectivity index (χ1n) is 10.5. The van der Waals surface area contributed by atoms with E-state index in [0.29, 0.717) is 35.8 Å². The molecule has 0 radical (unpaired) electrons. The number of rotatable bonds is 10. The second-order valence-corrected chi connectivity index (χ2v) is 6.84. The van der Waals surface area contributed by atoms with E-state index in [2.05, 4.69) is 0 Å². The summed E-state index contributed by atoms with van der Waals surface area (Å²) in [4.78, 5) is 25.4. The maximum absolute atomic E-state index is 12.7. The number of benzene rings is 3. The van der Waals surface area contributed by atoms with Crippen molar-refractivity contribution < 1.29 is 28.5 Å². The van der Waals surface area contributed by atoms with E-state index >= 15 is 0 Å². The number of hydrogen-bond donors (Lipinski definition) is 0. The van der Waals surface area contributed by atoms with Crippen LogP contribution in [0.5, 0.6) is 11.5 Å². The van der Waals surface area contributed by atoms with Gasteiger partial charge in [-0.05, 0) is 67.9 Å². The highest BCUT2D eigenvalue weighted by atomic mass is 16.7. The molecule has 3 aromatic rings. The summed E-state index contributed by atoms with van der Waals surface area (Å²) in [5.41, 5.74) is 1.55. The Morgan fingerprint density at radius 3 is 1.50 bits per heavy atom. The van der Waals surface area contributed by atoms with Crippen molar-refractivity contribution >= 4 is 11.9 Å². The summed E-state index contributed by atoms with van der Waals surface area (Å²) >= 11 is 0. The lowest BCUT2D eigenvalue weighted by molar-refractivity contribution is -0.0786. The first kappa shape index (κ1) is 22.9. The smallest absolute Gasteiger partial charge is 0.341 e. The van der Waals surface area contributed by atoms with Crippen molar-refractivity contribution in [3.63, 3.8) is 0 Å². The van der Waals surface area contributed by atoms with Crippen LogP contribution in [0.3, 0.4) is 0 Å². The van der Waals surface area contributed by atoms with Gasteiger partial charge in [0, 0.05) is 6.42 Å². The lowest BCUT2D eigenvalue weighted by Crippen LogP contribution is -2.27. The SMILES string of the molecule is CCOc1ccc(C(=O)OC(Cc2ccccc2)OC(=O)c2ccc(OCC)cc2)cc1. The minimum absolute atomic E-state index is 0.229. The van der Waals surface area contributed by atoms with Crippen molar-refractivity contribution in [2.24, 2.45) is 0 Å². The Kier molecular flexibility index (Phi) is 8.26. The Hall–Kier alpha value is -3.80. The molecule has 0 spiro atoms. The fourth-order valence-corrected chi connectivity index (χ4v) is 3.00. The van der Waals surface area contributed by atoms with Gasteiger partial charge in [0.05, 0.1) is 24.3 Å². The Labute approximate surface area is 187 Å². The zero-order chi connectivity index (χ0) is 22.8. The molecule has 0 bridgehead atoms. The zero-order valence-corrected chi connectivity index (χ0v) is 18.2. The standard InChI is InChI=1S/C26H26O6/c1-3-29-22-14-10-20(11-15-22)25(27)31-24(18-19-8-6-5-7-9-19)32-26(28)21-12-16-23(17-13-21)30-4-2/h5-17,24H,3-4,18H2,1-2H3. The van der Waals surface area contributed by atoms with Gasteiger partial charge >= 0.3 is 11.9 Å². The van der Waals surface area contributed by atoms with Crippen LogP contribution < -0.4 is 9.47 Å². The topological polar surface area (TPSA) is 71.1 Å². The van der Waals surface area contributed by atoms with Gasteiger partial charge in [-0.2, -0.15) is 0 Å². The van der Waals surface area contributed by atoms with Crippen molar-refractivity contribution in [2.45, 2.75) is 26.6 Å². The molecule has 0 aromatic heterocycles. The summed E-state index contributed by atoms with van der Waals surface area (Å²) in [5, 5.41) is 0. The molecule has 0 fully saturated rings. The molecule has 3 rings (SSSR count). The van der Waals surface area contributed by atoms with Crippen LogP contribution in [-0.2, 0) is 15.9 Å². The molecule has 0 heterocycles. The highest BCUT2D eigenvalue weighted by Gasteiger charge is 2.22. The molecule has 0 saturated heterocycles. The number of esters is 2. The fraction of sp³-hybridized carbons (Fsp3) is 0.231. The van der Waals surface area contributed by atoms with Crippen LogP contribution in [0.4, 0.5) is 0 Å². The molecule has 0 aliphatic heterocycles. The molecule has 3 aromatic carbocycles. The van der Waals surface area contributed by atoms with Gasteiger partial charge in [-0.25, -0.2) is 9.59 Å². The number of ether oxygens (including phenoxy) is 4. The zero-order valence-electron chi connectivity index (χ0n) is 18.2. The summed E-state index contributed by atoms with van der Waals surface area (Å²) in [5.74, 6) is 0.139. The largest absolute Gasteiger partial charge is 0.494 e. The molecule has 32 heavy (non-hydrogen) atoms. The van der Waals surface area contributed by atoms with Crippen molar-refractivity contribution in [3.05, 3.63) is 95.6 Å². The molecule has 0 aliphatic carbocycles. The van der Waals surface area contributed by atoms with Gasteiger partial charge in [-0.1, -0.05) is 30.3 Å². The lowest BCUT2D eigenvalue weighted by atomic mass is 10.1. The minimum atomic E-state index is -1.09.